The lowest BCUT2D eigenvalue weighted by molar-refractivity contribution is 0.101. The van der Waals surface area contributed by atoms with E-state index in [2.05, 4.69) is 4.84 Å². The van der Waals surface area contributed by atoms with Gasteiger partial charge in [0, 0.05) is 19.8 Å². The average molecular weight is 250 g/mol. The van der Waals surface area contributed by atoms with Gasteiger partial charge in [-0.25, -0.2) is 4.79 Å². The molecule has 0 radical (unpaired) electrons. The van der Waals surface area contributed by atoms with Gasteiger partial charge in [-0.2, -0.15) is 5.90 Å². The van der Waals surface area contributed by atoms with Crippen LogP contribution in [0.3, 0.4) is 0 Å². The number of hydrogen-bond donors (Lipinski definition) is 1. The van der Waals surface area contributed by atoms with Crippen LogP contribution in [0.4, 0.5) is 4.79 Å². The fourth-order valence-corrected chi connectivity index (χ4v) is 4.00. The molecule has 0 aromatic carbocycles. The van der Waals surface area contributed by atoms with Crippen LogP contribution in [-0.4, -0.2) is 45.5 Å². The van der Waals surface area contributed by atoms with Crippen LogP contribution in [0, 0.1) is 0 Å². The molecule has 0 aromatic rings. The Hall–Kier alpha value is -0.633. The summed E-state index contributed by atoms with van der Waals surface area (Å²) in [6.45, 7) is 9.23. The predicted molar refractivity (Wildman–Crippen MR) is 62.8 cm³/mol. The van der Waals surface area contributed by atoms with Crippen LogP contribution in [-0.2, 0) is 13.7 Å². The first kappa shape index (κ1) is 15.4. The molecule has 0 saturated carbocycles. The van der Waals surface area contributed by atoms with Crippen molar-refractivity contribution in [1.29, 1.82) is 0 Å². The van der Waals surface area contributed by atoms with Gasteiger partial charge in [-0.3, -0.25) is 0 Å². The van der Waals surface area contributed by atoms with Crippen LogP contribution >= 0.6 is 0 Å². The standard InChI is InChI=1S/C9H22N2O4Si/c1-5-11(9(12)15-10)8-16(4,13-6-2)14-7-3/h5-8,10H2,1-4H3. The predicted octanol–water partition coefficient (Wildman–Crippen LogP) is 1.00. The van der Waals surface area contributed by atoms with Gasteiger partial charge in [-0.15, -0.1) is 0 Å². The third-order valence-electron chi connectivity index (χ3n) is 2.12. The Morgan fingerprint density at radius 1 is 1.25 bits per heavy atom. The van der Waals surface area contributed by atoms with Crippen molar-refractivity contribution in [2.24, 2.45) is 5.90 Å². The highest BCUT2D eigenvalue weighted by atomic mass is 28.4. The molecule has 0 atom stereocenters. The molecule has 0 rings (SSSR count). The lowest BCUT2D eigenvalue weighted by Gasteiger charge is -2.30. The number of hydrogen-bond acceptors (Lipinski definition) is 5. The lowest BCUT2D eigenvalue weighted by atomic mass is 10.7. The maximum absolute atomic E-state index is 11.3. The van der Waals surface area contributed by atoms with Crippen LogP contribution < -0.4 is 5.90 Å². The second-order valence-electron chi connectivity index (χ2n) is 3.40. The zero-order valence-corrected chi connectivity index (χ0v) is 11.5. The molecular formula is C9H22N2O4Si. The van der Waals surface area contributed by atoms with E-state index in [0.717, 1.165) is 0 Å². The van der Waals surface area contributed by atoms with E-state index in [0.29, 0.717) is 25.9 Å². The molecular weight excluding hydrogens is 228 g/mol. The number of rotatable bonds is 7. The van der Waals surface area contributed by atoms with Gasteiger partial charge in [0.1, 0.15) is 0 Å². The summed E-state index contributed by atoms with van der Waals surface area (Å²) >= 11 is 0. The summed E-state index contributed by atoms with van der Waals surface area (Å²) in [5, 5.41) is 0. The smallest absolute Gasteiger partial charge is 0.394 e. The number of nitrogens with zero attached hydrogens (tertiary/aromatic N) is 1. The first-order valence-corrected chi connectivity index (χ1v) is 7.98. The third kappa shape index (κ3) is 4.93. The van der Waals surface area contributed by atoms with Crippen LogP contribution in [0.5, 0.6) is 0 Å². The van der Waals surface area contributed by atoms with Crippen molar-refractivity contribution in [3.05, 3.63) is 0 Å². The third-order valence-corrected chi connectivity index (χ3v) is 4.87. The second kappa shape index (κ2) is 7.61. The summed E-state index contributed by atoms with van der Waals surface area (Å²) in [5.41, 5.74) is 0. The Kier molecular flexibility index (Phi) is 7.31. The van der Waals surface area contributed by atoms with Gasteiger partial charge < -0.3 is 18.6 Å². The molecule has 16 heavy (non-hydrogen) atoms. The lowest BCUT2D eigenvalue weighted by Crippen LogP contribution is -2.52. The topological polar surface area (TPSA) is 74.0 Å². The average Bonchev–Trinajstić information content (AvgIpc) is 2.25. The first-order chi connectivity index (χ1) is 7.52. The normalized spacial score (nSPS) is 11.3. The van der Waals surface area contributed by atoms with Crippen LogP contribution in [0.25, 0.3) is 0 Å². The molecule has 96 valence electrons. The molecule has 0 aromatic heterocycles. The first-order valence-electron chi connectivity index (χ1n) is 5.46. The van der Waals surface area contributed by atoms with Crippen molar-refractivity contribution >= 4 is 14.7 Å². The van der Waals surface area contributed by atoms with E-state index in [-0.39, 0.29) is 0 Å². The van der Waals surface area contributed by atoms with Gasteiger partial charge >= 0.3 is 14.7 Å². The SMILES string of the molecule is CCO[Si](C)(CN(CC)C(=O)ON)OCC. The van der Waals surface area contributed by atoms with E-state index in [4.69, 9.17) is 14.7 Å². The minimum atomic E-state index is -2.34. The van der Waals surface area contributed by atoms with Crippen molar-refractivity contribution in [1.82, 2.24) is 4.90 Å². The quantitative estimate of drug-likeness (QED) is 0.539. The van der Waals surface area contributed by atoms with Gasteiger partial charge in [0.25, 0.3) is 0 Å². The fourth-order valence-electron chi connectivity index (χ4n) is 1.47. The number of carbonyl (C=O) groups excluding carboxylic acids is 1. The highest BCUT2D eigenvalue weighted by Gasteiger charge is 2.35. The summed E-state index contributed by atoms with van der Waals surface area (Å²) in [6.07, 6.45) is -0.137. The van der Waals surface area contributed by atoms with Crippen molar-refractivity contribution in [2.45, 2.75) is 27.3 Å². The molecule has 0 spiro atoms. The molecule has 0 aliphatic carbocycles. The van der Waals surface area contributed by atoms with Gasteiger partial charge in [0.05, 0.1) is 6.17 Å². The van der Waals surface area contributed by atoms with Crippen molar-refractivity contribution in [3.8, 4) is 0 Å². The minimum Gasteiger partial charge on any atom is -0.394 e. The highest BCUT2D eigenvalue weighted by molar-refractivity contribution is 6.66. The minimum absolute atomic E-state index is 0.418. The van der Waals surface area contributed by atoms with Crippen LogP contribution in [0.2, 0.25) is 6.55 Å². The van der Waals surface area contributed by atoms with Crippen molar-refractivity contribution in [2.75, 3.05) is 25.9 Å². The molecule has 0 aliphatic heterocycles. The molecule has 6 nitrogen and oxygen atoms in total. The van der Waals surface area contributed by atoms with Crippen LogP contribution in [0.15, 0.2) is 0 Å². The van der Waals surface area contributed by atoms with Gasteiger partial charge in [-0.1, -0.05) is 0 Å². The zero-order chi connectivity index (χ0) is 12.6. The van der Waals surface area contributed by atoms with Gasteiger partial charge in [0.15, 0.2) is 0 Å². The summed E-state index contributed by atoms with van der Waals surface area (Å²) in [7, 11) is -2.34. The van der Waals surface area contributed by atoms with E-state index in [1.807, 2.05) is 27.3 Å². The Bertz CT molecular complexity index is 210. The molecule has 7 heteroatoms. The maximum atomic E-state index is 11.3. The second-order valence-corrected chi connectivity index (χ2v) is 6.56. The van der Waals surface area contributed by atoms with E-state index < -0.39 is 14.7 Å². The molecule has 1 amide bonds. The van der Waals surface area contributed by atoms with Gasteiger partial charge in [0.2, 0.25) is 0 Å². The molecule has 0 unspecified atom stereocenters. The summed E-state index contributed by atoms with van der Waals surface area (Å²) < 4.78 is 11.2. The fraction of sp³-hybridized carbons (Fsp3) is 0.889. The van der Waals surface area contributed by atoms with Gasteiger partial charge in [-0.05, 0) is 27.3 Å². The van der Waals surface area contributed by atoms with E-state index in [1.54, 1.807) is 0 Å². The Labute approximate surface area is 97.8 Å². The number of nitrogens with two attached hydrogens (primary N) is 1. The molecule has 2 N–H and O–H groups in total. The number of amides is 1. The zero-order valence-electron chi connectivity index (χ0n) is 10.5. The van der Waals surface area contributed by atoms with E-state index in [1.165, 1.54) is 4.90 Å². The Morgan fingerprint density at radius 3 is 2.06 bits per heavy atom. The van der Waals surface area contributed by atoms with Crippen molar-refractivity contribution in [3.63, 3.8) is 0 Å². The maximum Gasteiger partial charge on any atom is 0.428 e. The molecule has 0 fully saturated rings. The van der Waals surface area contributed by atoms with E-state index in [9.17, 15) is 4.79 Å². The summed E-state index contributed by atoms with van der Waals surface area (Å²) in [5.74, 6) is 4.86. The molecule has 0 heterocycles. The Balaban J connectivity index is 4.51. The molecule has 0 saturated heterocycles. The van der Waals surface area contributed by atoms with Crippen LogP contribution in [0.1, 0.15) is 20.8 Å². The molecule has 0 bridgehead atoms. The monoisotopic (exact) mass is 250 g/mol. The summed E-state index contributed by atoms with van der Waals surface area (Å²) in [6, 6.07) is 0. The largest absolute Gasteiger partial charge is 0.428 e. The Morgan fingerprint density at radius 2 is 1.75 bits per heavy atom. The summed E-state index contributed by atoms with van der Waals surface area (Å²) in [4.78, 5) is 17.0. The highest BCUT2D eigenvalue weighted by Crippen LogP contribution is 2.10. The van der Waals surface area contributed by atoms with Crippen molar-refractivity contribution < 1.29 is 18.5 Å². The molecule has 0 aliphatic rings. The number of carbonyl (C=O) groups is 1. The van der Waals surface area contributed by atoms with E-state index >= 15 is 0 Å².